The second-order valence-corrected chi connectivity index (χ2v) is 9.40. The fourth-order valence-corrected chi connectivity index (χ4v) is 4.27. The number of hydrogen-bond acceptors (Lipinski definition) is 5. The van der Waals surface area contributed by atoms with E-state index in [1.54, 1.807) is 16.2 Å². The van der Waals surface area contributed by atoms with Gasteiger partial charge in [-0.1, -0.05) is 13.0 Å². The largest absolute Gasteiger partial charge is 0.444 e. The number of carbonyl (C=O) groups excluding carboxylic acids is 2. The smallest absolute Gasteiger partial charge is 0.410 e. The van der Waals surface area contributed by atoms with E-state index in [0.29, 0.717) is 25.7 Å². The van der Waals surface area contributed by atoms with Gasteiger partial charge in [-0.25, -0.2) is 4.79 Å². The highest BCUT2D eigenvalue weighted by Gasteiger charge is 2.28. The van der Waals surface area contributed by atoms with Crippen LogP contribution in [0, 0.1) is 0 Å². The molecular weight excluding hydrogens is 374 g/mol. The summed E-state index contributed by atoms with van der Waals surface area (Å²) >= 11 is 1.66. The number of thiophene rings is 1. The predicted octanol–water partition coefficient (Wildman–Crippen LogP) is 4.04. The van der Waals surface area contributed by atoms with Crippen LogP contribution in [0.1, 0.15) is 64.8 Å². The van der Waals surface area contributed by atoms with Gasteiger partial charge in [-0.2, -0.15) is 0 Å². The van der Waals surface area contributed by atoms with E-state index in [0.717, 1.165) is 25.8 Å². The van der Waals surface area contributed by atoms with E-state index in [-0.39, 0.29) is 18.0 Å². The molecule has 1 fully saturated rings. The lowest BCUT2D eigenvalue weighted by Crippen LogP contribution is -2.44. The van der Waals surface area contributed by atoms with E-state index in [2.05, 4.69) is 17.1 Å². The predicted molar refractivity (Wildman–Crippen MR) is 114 cm³/mol. The number of hydrogen-bond donors (Lipinski definition) is 1. The molecule has 1 aliphatic heterocycles. The van der Waals surface area contributed by atoms with Crippen molar-refractivity contribution in [2.75, 3.05) is 26.2 Å². The molecule has 0 radical (unpaired) electrons. The van der Waals surface area contributed by atoms with Crippen LogP contribution in [0.5, 0.6) is 0 Å². The van der Waals surface area contributed by atoms with E-state index in [4.69, 9.17) is 4.74 Å². The molecular formula is C21H35N3O3S. The van der Waals surface area contributed by atoms with Crippen LogP contribution < -0.4 is 5.32 Å². The third-order valence-electron chi connectivity index (χ3n) is 4.97. The SMILES string of the molecule is CCN(CC(=O)N[C@@H](C)c1cccs1)[C@H]1CCCN(C(=O)OC(C)(C)C)CC1. The van der Waals surface area contributed by atoms with Crippen LogP contribution in [0.15, 0.2) is 17.5 Å². The number of nitrogens with one attached hydrogen (secondary N) is 1. The standard InChI is InChI=1S/C21H35N3O3S/c1-6-23(15-19(25)22-16(2)18-10-8-14-28-18)17-9-7-12-24(13-11-17)20(26)27-21(3,4)5/h8,10,14,16-17H,6-7,9,11-13,15H2,1-5H3,(H,22,25)/t16-,17-/m0/s1. The molecule has 2 atom stereocenters. The van der Waals surface area contributed by atoms with Crippen molar-refractivity contribution in [3.63, 3.8) is 0 Å². The number of rotatable bonds is 6. The van der Waals surface area contributed by atoms with Gasteiger partial charge in [0.1, 0.15) is 5.60 Å². The van der Waals surface area contributed by atoms with Crippen molar-refractivity contribution in [3.05, 3.63) is 22.4 Å². The number of likely N-dealkylation sites (tertiary alicyclic amines) is 1. The highest BCUT2D eigenvalue weighted by Crippen LogP contribution is 2.20. The lowest BCUT2D eigenvalue weighted by Gasteiger charge is -2.30. The number of nitrogens with zero attached hydrogens (tertiary/aromatic N) is 2. The molecule has 0 unspecified atom stereocenters. The van der Waals surface area contributed by atoms with E-state index >= 15 is 0 Å². The molecule has 6 nitrogen and oxygen atoms in total. The second kappa shape index (κ2) is 10.3. The number of likely N-dealkylation sites (N-methyl/N-ethyl adjacent to an activating group) is 1. The Hall–Kier alpha value is -1.60. The molecule has 0 aromatic carbocycles. The fourth-order valence-electron chi connectivity index (χ4n) is 3.53. The Morgan fingerprint density at radius 1 is 1.36 bits per heavy atom. The molecule has 0 aliphatic carbocycles. The summed E-state index contributed by atoms with van der Waals surface area (Å²) in [7, 11) is 0. The normalized spacial score (nSPS) is 19.2. The average molecular weight is 410 g/mol. The highest BCUT2D eigenvalue weighted by molar-refractivity contribution is 7.10. The Morgan fingerprint density at radius 3 is 2.71 bits per heavy atom. The van der Waals surface area contributed by atoms with Crippen molar-refractivity contribution in [2.45, 2.75) is 71.6 Å². The molecule has 1 N–H and O–H groups in total. The molecule has 1 aromatic heterocycles. The zero-order valence-corrected chi connectivity index (χ0v) is 18.7. The molecule has 1 saturated heterocycles. The van der Waals surface area contributed by atoms with E-state index in [1.165, 1.54) is 4.88 Å². The van der Waals surface area contributed by atoms with Gasteiger partial charge < -0.3 is 15.0 Å². The zero-order chi connectivity index (χ0) is 20.7. The number of amides is 2. The molecule has 1 aliphatic rings. The lowest BCUT2D eigenvalue weighted by molar-refractivity contribution is -0.123. The quantitative estimate of drug-likeness (QED) is 0.770. The van der Waals surface area contributed by atoms with Crippen LogP contribution in [0.2, 0.25) is 0 Å². The van der Waals surface area contributed by atoms with Gasteiger partial charge >= 0.3 is 6.09 Å². The van der Waals surface area contributed by atoms with Crippen LogP contribution in [0.25, 0.3) is 0 Å². The van der Waals surface area contributed by atoms with Gasteiger partial charge in [0.05, 0.1) is 12.6 Å². The first-order valence-corrected chi connectivity index (χ1v) is 11.1. The van der Waals surface area contributed by atoms with Gasteiger partial charge in [-0.3, -0.25) is 9.69 Å². The van der Waals surface area contributed by atoms with Crippen LogP contribution >= 0.6 is 11.3 Å². The molecule has 158 valence electrons. The van der Waals surface area contributed by atoms with Crippen LogP contribution in [-0.4, -0.2) is 59.6 Å². The number of ether oxygens (including phenoxy) is 1. The topological polar surface area (TPSA) is 61.9 Å². The first-order valence-electron chi connectivity index (χ1n) is 10.2. The first-order chi connectivity index (χ1) is 13.2. The first kappa shape index (κ1) is 22.7. The molecule has 7 heteroatoms. The zero-order valence-electron chi connectivity index (χ0n) is 17.9. The van der Waals surface area contributed by atoms with Gasteiger partial charge in [0, 0.05) is 24.0 Å². The molecule has 0 bridgehead atoms. The van der Waals surface area contributed by atoms with Crippen molar-refractivity contribution < 1.29 is 14.3 Å². The summed E-state index contributed by atoms with van der Waals surface area (Å²) in [4.78, 5) is 30.1. The van der Waals surface area contributed by atoms with E-state index in [1.807, 2.05) is 45.2 Å². The van der Waals surface area contributed by atoms with Gasteiger partial charge in [0.2, 0.25) is 5.91 Å². The van der Waals surface area contributed by atoms with Gasteiger partial charge in [0.15, 0.2) is 0 Å². The highest BCUT2D eigenvalue weighted by atomic mass is 32.1. The summed E-state index contributed by atoms with van der Waals surface area (Å²) in [5.74, 6) is 0.0518. The molecule has 28 heavy (non-hydrogen) atoms. The van der Waals surface area contributed by atoms with E-state index in [9.17, 15) is 9.59 Å². The van der Waals surface area contributed by atoms with Crippen LogP contribution in [0.3, 0.4) is 0 Å². The fraction of sp³-hybridized carbons (Fsp3) is 0.714. The summed E-state index contributed by atoms with van der Waals surface area (Å²) in [5.41, 5.74) is -0.477. The van der Waals surface area contributed by atoms with Crippen molar-refractivity contribution >= 4 is 23.3 Å². The van der Waals surface area contributed by atoms with Crippen molar-refractivity contribution in [1.82, 2.24) is 15.1 Å². The Kier molecular flexibility index (Phi) is 8.31. The van der Waals surface area contributed by atoms with Gasteiger partial charge in [-0.15, -0.1) is 11.3 Å². The Bertz CT molecular complexity index is 627. The average Bonchev–Trinajstić information content (AvgIpc) is 3.03. The maximum atomic E-state index is 12.5. The van der Waals surface area contributed by atoms with Gasteiger partial charge in [0.25, 0.3) is 0 Å². The van der Waals surface area contributed by atoms with Crippen LogP contribution in [0.4, 0.5) is 4.79 Å². The maximum Gasteiger partial charge on any atom is 0.410 e. The summed E-state index contributed by atoms with van der Waals surface area (Å²) in [6.45, 7) is 12.4. The van der Waals surface area contributed by atoms with E-state index < -0.39 is 5.60 Å². The van der Waals surface area contributed by atoms with Crippen molar-refractivity contribution in [3.8, 4) is 0 Å². The van der Waals surface area contributed by atoms with Crippen LogP contribution in [-0.2, 0) is 9.53 Å². The Labute approximate surface area is 173 Å². The molecule has 0 spiro atoms. The van der Waals surface area contributed by atoms with Gasteiger partial charge in [-0.05, 0) is 64.9 Å². The third-order valence-corrected chi connectivity index (χ3v) is 6.02. The number of carbonyl (C=O) groups is 2. The summed E-state index contributed by atoms with van der Waals surface area (Å²) in [6.07, 6.45) is 2.54. The minimum atomic E-state index is -0.477. The Balaban J connectivity index is 1.86. The maximum absolute atomic E-state index is 12.5. The molecule has 0 saturated carbocycles. The summed E-state index contributed by atoms with van der Waals surface area (Å²) < 4.78 is 5.51. The molecule has 1 aromatic rings. The third kappa shape index (κ3) is 7.09. The molecule has 2 heterocycles. The summed E-state index contributed by atoms with van der Waals surface area (Å²) in [6, 6.07) is 4.38. The Morgan fingerprint density at radius 2 is 2.11 bits per heavy atom. The minimum Gasteiger partial charge on any atom is -0.444 e. The monoisotopic (exact) mass is 409 g/mol. The van der Waals surface area contributed by atoms with Crippen molar-refractivity contribution in [1.29, 1.82) is 0 Å². The summed E-state index contributed by atoms with van der Waals surface area (Å²) in [5, 5.41) is 5.13. The second-order valence-electron chi connectivity index (χ2n) is 8.42. The minimum absolute atomic E-state index is 0.0306. The molecule has 2 amide bonds. The lowest BCUT2D eigenvalue weighted by atomic mass is 10.1. The van der Waals surface area contributed by atoms with Crippen molar-refractivity contribution in [2.24, 2.45) is 0 Å². The molecule has 2 rings (SSSR count).